The molecule has 3 heteroatoms. The van der Waals surface area contributed by atoms with Crippen LogP contribution in [0.5, 0.6) is 0 Å². The molecule has 90 valence electrons. The van der Waals surface area contributed by atoms with Gasteiger partial charge in [0.05, 0.1) is 9.83 Å². The molecule has 1 aromatic heterocycles. The molecule has 0 aliphatic carbocycles. The molecule has 0 saturated carbocycles. The highest BCUT2D eigenvalue weighted by Crippen LogP contribution is 2.34. The summed E-state index contributed by atoms with van der Waals surface area (Å²) in [6, 6.07) is 11.0. The van der Waals surface area contributed by atoms with Crippen LogP contribution in [0.3, 0.4) is 0 Å². The molecule has 2 rings (SSSR count). The lowest BCUT2D eigenvalue weighted by molar-refractivity contribution is 0.686. The van der Waals surface area contributed by atoms with Crippen molar-refractivity contribution < 1.29 is 0 Å². The van der Waals surface area contributed by atoms with Crippen molar-refractivity contribution in [3.63, 3.8) is 0 Å². The van der Waals surface area contributed by atoms with E-state index in [4.69, 9.17) is 0 Å². The SMILES string of the molecule is CNC(c1ccccc1C)c1cc(Br)sc1C. The molecule has 0 fully saturated rings. The molecule has 0 saturated heterocycles. The van der Waals surface area contributed by atoms with Crippen LogP contribution in [-0.4, -0.2) is 7.05 Å². The Morgan fingerprint density at radius 2 is 1.88 bits per heavy atom. The fraction of sp³-hybridized carbons (Fsp3) is 0.286. The van der Waals surface area contributed by atoms with Crippen molar-refractivity contribution in [3.05, 3.63) is 55.7 Å². The summed E-state index contributed by atoms with van der Waals surface area (Å²) in [6.07, 6.45) is 0. The van der Waals surface area contributed by atoms with Crippen LogP contribution in [0.15, 0.2) is 34.1 Å². The van der Waals surface area contributed by atoms with Gasteiger partial charge >= 0.3 is 0 Å². The Hall–Kier alpha value is -0.640. The first-order chi connectivity index (χ1) is 8.13. The average Bonchev–Trinajstić information content (AvgIpc) is 2.62. The van der Waals surface area contributed by atoms with E-state index >= 15 is 0 Å². The maximum absolute atomic E-state index is 3.56. The number of thiophene rings is 1. The van der Waals surface area contributed by atoms with Gasteiger partial charge in [0, 0.05) is 4.88 Å². The van der Waals surface area contributed by atoms with Gasteiger partial charge in [-0.2, -0.15) is 0 Å². The lowest BCUT2D eigenvalue weighted by Crippen LogP contribution is -2.18. The number of rotatable bonds is 3. The van der Waals surface area contributed by atoms with E-state index in [2.05, 4.69) is 65.4 Å². The molecule has 1 nitrogen and oxygen atoms in total. The van der Waals surface area contributed by atoms with Crippen molar-refractivity contribution in [1.29, 1.82) is 0 Å². The van der Waals surface area contributed by atoms with E-state index in [-0.39, 0.29) is 6.04 Å². The molecule has 17 heavy (non-hydrogen) atoms. The van der Waals surface area contributed by atoms with Crippen molar-refractivity contribution in [2.75, 3.05) is 7.05 Å². The molecule has 0 aliphatic rings. The monoisotopic (exact) mass is 309 g/mol. The molecule has 1 N–H and O–H groups in total. The van der Waals surface area contributed by atoms with Crippen LogP contribution in [0.1, 0.15) is 27.6 Å². The highest BCUT2D eigenvalue weighted by molar-refractivity contribution is 9.11. The highest BCUT2D eigenvalue weighted by atomic mass is 79.9. The molecule has 0 amide bonds. The van der Waals surface area contributed by atoms with Gasteiger partial charge in [0.1, 0.15) is 0 Å². The Morgan fingerprint density at radius 3 is 2.41 bits per heavy atom. The number of hydrogen-bond donors (Lipinski definition) is 1. The molecule has 2 aromatic rings. The number of nitrogens with one attached hydrogen (secondary N) is 1. The van der Waals surface area contributed by atoms with Crippen molar-refractivity contribution >= 4 is 27.3 Å². The third-order valence-corrected chi connectivity index (χ3v) is 4.59. The van der Waals surface area contributed by atoms with Crippen molar-refractivity contribution in [2.24, 2.45) is 0 Å². The fourth-order valence-electron chi connectivity index (χ4n) is 2.13. The normalized spacial score (nSPS) is 12.7. The number of hydrogen-bond acceptors (Lipinski definition) is 2. The van der Waals surface area contributed by atoms with Crippen molar-refractivity contribution in [2.45, 2.75) is 19.9 Å². The Labute approximate surface area is 115 Å². The summed E-state index contributed by atoms with van der Waals surface area (Å²) in [5.41, 5.74) is 4.04. The zero-order valence-electron chi connectivity index (χ0n) is 10.3. The number of halogens is 1. The lowest BCUT2D eigenvalue weighted by Gasteiger charge is -2.19. The van der Waals surface area contributed by atoms with E-state index < -0.39 is 0 Å². The second-order valence-electron chi connectivity index (χ2n) is 4.14. The van der Waals surface area contributed by atoms with Crippen molar-refractivity contribution in [1.82, 2.24) is 5.32 Å². The van der Waals surface area contributed by atoms with Gasteiger partial charge in [0.2, 0.25) is 0 Å². The summed E-state index contributed by atoms with van der Waals surface area (Å²) < 4.78 is 1.19. The van der Waals surface area contributed by atoms with E-state index in [1.807, 2.05) is 7.05 Å². The van der Waals surface area contributed by atoms with Gasteiger partial charge in [-0.3, -0.25) is 0 Å². The van der Waals surface area contributed by atoms with Crippen LogP contribution in [0.4, 0.5) is 0 Å². The summed E-state index contributed by atoms with van der Waals surface area (Å²) >= 11 is 5.35. The van der Waals surface area contributed by atoms with Crippen LogP contribution < -0.4 is 5.32 Å². The largest absolute Gasteiger partial charge is 0.309 e. The van der Waals surface area contributed by atoms with Gasteiger partial charge in [0.25, 0.3) is 0 Å². The van der Waals surface area contributed by atoms with Crippen LogP contribution in [0.2, 0.25) is 0 Å². The van der Waals surface area contributed by atoms with Gasteiger partial charge in [-0.25, -0.2) is 0 Å². The van der Waals surface area contributed by atoms with E-state index in [0.717, 1.165) is 0 Å². The van der Waals surface area contributed by atoms with Crippen LogP contribution >= 0.6 is 27.3 Å². The minimum Gasteiger partial charge on any atom is -0.309 e. The number of aryl methyl sites for hydroxylation is 2. The Morgan fingerprint density at radius 1 is 1.18 bits per heavy atom. The summed E-state index contributed by atoms with van der Waals surface area (Å²) in [5.74, 6) is 0. The summed E-state index contributed by atoms with van der Waals surface area (Å²) in [6.45, 7) is 4.34. The smallest absolute Gasteiger partial charge is 0.0704 e. The first kappa shape index (κ1) is 12.8. The standard InChI is InChI=1S/C14H16BrNS/c1-9-6-4-5-7-11(9)14(16-3)12-8-13(15)17-10(12)2/h4-8,14,16H,1-3H3. The maximum atomic E-state index is 3.56. The van der Waals surface area contributed by atoms with Crippen LogP contribution in [-0.2, 0) is 0 Å². The lowest BCUT2D eigenvalue weighted by atomic mass is 9.96. The Bertz CT molecular complexity index is 519. The molecule has 0 radical (unpaired) electrons. The van der Waals surface area contributed by atoms with E-state index in [9.17, 15) is 0 Å². The second kappa shape index (κ2) is 5.34. The van der Waals surface area contributed by atoms with Gasteiger partial charge in [-0.15, -0.1) is 11.3 Å². The minimum atomic E-state index is 0.277. The van der Waals surface area contributed by atoms with Crippen LogP contribution in [0.25, 0.3) is 0 Å². The first-order valence-corrected chi connectivity index (χ1v) is 7.23. The zero-order valence-corrected chi connectivity index (χ0v) is 12.7. The average molecular weight is 310 g/mol. The summed E-state index contributed by atoms with van der Waals surface area (Å²) in [4.78, 5) is 1.36. The molecule has 1 unspecified atom stereocenters. The summed E-state index contributed by atoms with van der Waals surface area (Å²) in [7, 11) is 2.02. The molecule has 0 aliphatic heterocycles. The Kier molecular flexibility index (Phi) is 4.02. The number of benzene rings is 1. The Balaban J connectivity index is 2.47. The molecule has 0 spiro atoms. The van der Waals surface area contributed by atoms with Crippen LogP contribution in [0, 0.1) is 13.8 Å². The molecule has 1 heterocycles. The molecule has 0 bridgehead atoms. The third-order valence-electron chi connectivity index (χ3n) is 3.03. The second-order valence-corrected chi connectivity index (χ2v) is 6.78. The predicted molar refractivity (Wildman–Crippen MR) is 78.8 cm³/mol. The molecule has 1 atom stereocenters. The van der Waals surface area contributed by atoms with Crippen molar-refractivity contribution in [3.8, 4) is 0 Å². The molecular weight excluding hydrogens is 294 g/mol. The van der Waals surface area contributed by atoms with E-state index in [1.54, 1.807) is 11.3 Å². The van der Waals surface area contributed by atoms with Gasteiger partial charge < -0.3 is 5.32 Å². The van der Waals surface area contributed by atoms with Gasteiger partial charge in [-0.05, 0) is 59.6 Å². The molecule has 1 aromatic carbocycles. The van der Waals surface area contributed by atoms with Gasteiger partial charge in [-0.1, -0.05) is 24.3 Å². The highest BCUT2D eigenvalue weighted by Gasteiger charge is 2.17. The minimum absolute atomic E-state index is 0.277. The maximum Gasteiger partial charge on any atom is 0.0704 e. The van der Waals surface area contributed by atoms with Gasteiger partial charge in [0.15, 0.2) is 0 Å². The predicted octanol–water partition coefficient (Wildman–Crippen LogP) is 4.44. The quantitative estimate of drug-likeness (QED) is 0.884. The fourth-order valence-corrected chi connectivity index (χ4v) is 3.88. The zero-order chi connectivity index (χ0) is 12.4. The topological polar surface area (TPSA) is 12.0 Å². The molecular formula is C14H16BrNS. The summed E-state index contributed by atoms with van der Waals surface area (Å²) in [5, 5.41) is 3.42. The van der Waals surface area contributed by atoms with E-state index in [1.165, 1.54) is 25.4 Å². The third kappa shape index (κ3) is 2.62. The van der Waals surface area contributed by atoms with E-state index in [0.29, 0.717) is 0 Å². The first-order valence-electron chi connectivity index (χ1n) is 5.62.